The molecule has 0 radical (unpaired) electrons. The van der Waals surface area contributed by atoms with Crippen molar-refractivity contribution in [1.29, 1.82) is 0 Å². The van der Waals surface area contributed by atoms with Gasteiger partial charge >= 0.3 is 0 Å². The molecular formula is C19H19N. The minimum Gasteiger partial charge on any atom is -0.370 e. The van der Waals surface area contributed by atoms with Gasteiger partial charge in [-0.3, -0.25) is 0 Å². The molecule has 1 nitrogen and oxygen atoms in total. The summed E-state index contributed by atoms with van der Waals surface area (Å²) in [7, 11) is 2.13. The summed E-state index contributed by atoms with van der Waals surface area (Å²) in [6, 6.07) is 23.7. The van der Waals surface area contributed by atoms with Gasteiger partial charge in [-0.2, -0.15) is 0 Å². The largest absolute Gasteiger partial charge is 0.370 e. The van der Waals surface area contributed by atoms with Crippen molar-refractivity contribution < 1.29 is 0 Å². The van der Waals surface area contributed by atoms with Gasteiger partial charge in [0.15, 0.2) is 0 Å². The van der Waals surface area contributed by atoms with Crippen molar-refractivity contribution in [1.82, 2.24) is 0 Å². The first-order valence-corrected chi connectivity index (χ1v) is 6.98. The quantitative estimate of drug-likeness (QED) is 0.655. The fourth-order valence-electron chi connectivity index (χ4n) is 2.64. The molecule has 0 heterocycles. The van der Waals surface area contributed by atoms with E-state index in [-0.39, 0.29) is 0 Å². The van der Waals surface area contributed by atoms with Gasteiger partial charge in [-0.1, -0.05) is 48.5 Å². The van der Waals surface area contributed by atoms with Crippen LogP contribution in [0.25, 0.3) is 10.8 Å². The zero-order valence-corrected chi connectivity index (χ0v) is 12.0. The molecule has 20 heavy (non-hydrogen) atoms. The summed E-state index contributed by atoms with van der Waals surface area (Å²) in [5, 5.41) is 2.67. The van der Waals surface area contributed by atoms with Gasteiger partial charge in [-0.25, -0.2) is 0 Å². The number of anilines is 1. The highest BCUT2D eigenvalue weighted by Gasteiger charge is 2.03. The summed E-state index contributed by atoms with van der Waals surface area (Å²) in [4.78, 5) is 2.27. The van der Waals surface area contributed by atoms with Gasteiger partial charge in [0.05, 0.1) is 0 Å². The average Bonchev–Trinajstić information content (AvgIpc) is 2.48. The molecule has 0 saturated heterocycles. The zero-order valence-electron chi connectivity index (χ0n) is 12.0. The molecule has 1 heteroatoms. The summed E-state index contributed by atoms with van der Waals surface area (Å²) >= 11 is 0. The topological polar surface area (TPSA) is 3.24 Å². The molecule has 0 aliphatic rings. The third-order valence-corrected chi connectivity index (χ3v) is 3.78. The van der Waals surface area contributed by atoms with Crippen LogP contribution >= 0.6 is 0 Å². The normalized spacial score (nSPS) is 10.7. The van der Waals surface area contributed by atoms with E-state index in [9.17, 15) is 0 Å². The van der Waals surface area contributed by atoms with Crippen LogP contribution in [0.2, 0.25) is 0 Å². The monoisotopic (exact) mass is 261 g/mol. The van der Waals surface area contributed by atoms with Crippen molar-refractivity contribution in [2.45, 2.75) is 13.5 Å². The lowest BCUT2D eigenvalue weighted by Gasteiger charge is -2.19. The predicted octanol–water partition coefficient (Wildman–Crippen LogP) is 4.78. The maximum absolute atomic E-state index is 2.29. The molecule has 0 aliphatic heterocycles. The molecule has 0 bridgehead atoms. The first-order valence-electron chi connectivity index (χ1n) is 6.98. The Morgan fingerprint density at radius 1 is 0.850 bits per heavy atom. The smallest absolute Gasteiger partial charge is 0.0426 e. The highest BCUT2D eigenvalue weighted by molar-refractivity contribution is 5.86. The number of rotatable bonds is 3. The molecule has 0 N–H and O–H groups in total. The second-order valence-corrected chi connectivity index (χ2v) is 5.32. The molecule has 0 spiro atoms. The van der Waals surface area contributed by atoms with Crippen LogP contribution in [0.5, 0.6) is 0 Å². The lowest BCUT2D eigenvalue weighted by molar-refractivity contribution is 0.925. The number of nitrogens with zero attached hydrogens (tertiary/aromatic N) is 1. The number of fused-ring (bicyclic) bond motifs is 1. The number of para-hydroxylation sites is 1. The Hall–Kier alpha value is -2.28. The summed E-state index contributed by atoms with van der Waals surface area (Å²) in [5.74, 6) is 0. The van der Waals surface area contributed by atoms with E-state index in [2.05, 4.69) is 85.6 Å². The van der Waals surface area contributed by atoms with Crippen molar-refractivity contribution in [3.8, 4) is 0 Å². The van der Waals surface area contributed by atoms with E-state index in [1.807, 2.05) is 0 Å². The molecule has 0 aromatic heterocycles. The van der Waals surface area contributed by atoms with Crippen LogP contribution < -0.4 is 4.90 Å². The molecule has 0 amide bonds. The fraction of sp³-hybridized carbons (Fsp3) is 0.158. The zero-order chi connectivity index (χ0) is 13.9. The molecule has 100 valence electrons. The summed E-state index contributed by atoms with van der Waals surface area (Å²) in [5.41, 5.74) is 3.93. The predicted molar refractivity (Wildman–Crippen MR) is 87.2 cm³/mol. The van der Waals surface area contributed by atoms with Crippen LogP contribution in [0.3, 0.4) is 0 Å². The van der Waals surface area contributed by atoms with E-state index >= 15 is 0 Å². The minimum absolute atomic E-state index is 0.924. The van der Waals surface area contributed by atoms with Gasteiger partial charge in [-0.05, 0) is 47.0 Å². The Morgan fingerprint density at radius 3 is 2.45 bits per heavy atom. The highest BCUT2D eigenvalue weighted by atomic mass is 15.1. The standard InChI is InChI=1S/C19H19N/c1-15-7-6-8-17-13-16(11-12-19(15)17)14-20(2)18-9-4-3-5-10-18/h3-13H,14H2,1-2H3. The van der Waals surface area contributed by atoms with E-state index < -0.39 is 0 Å². The Morgan fingerprint density at radius 2 is 1.65 bits per heavy atom. The summed E-state index contributed by atoms with van der Waals surface area (Å²) in [6.07, 6.45) is 0. The molecule has 0 unspecified atom stereocenters. The van der Waals surface area contributed by atoms with Crippen molar-refractivity contribution >= 4 is 16.5 Å². The second kappa shape index (κ2) is 5.38. The number of hydrogen-bond donors (Lipinski definition) is 0. The molecule has 3 rings (SSSR count). The van der Waals surface area contributed by atoms with Gasteiger partial charge in [0.2, 0.25) is 0 Å². The number of aryl methyl sites for hydroxylation is 1. The van der Waals surface area contributed by atoms with Crippen LogP contribution in [0.4, 0.5) is 5.69 Å². The van der Waals surface area contributed by atoms with Crippen molar-refractivity contribution in [3.63, 3.8) is 0 Å². The molecular weight excluding hydrogens is 242 g/mol. The maximum atomic E-state index is 2.29. The van der Waals surface area contributed by atoms with Gasteiger partial charge in [0, 0.05) is 19.3 Å². The molecule has 3 aromatic carbocycles. The SMILES string of the molecule is Cc1cccc2cc(CN(C)c3ccccc3)ccc12. The van der Waals surface area contributed by atoms with Crippen molar-refractivity contribution in [3.05, 3.63) is 77.9 Å². The average molecular weight is 261 g/mol. The first kappa shape index (κ1) is 12.7. The Labute approximate surface area is 120 Å². The third kappa shape index (κ3) is 2.53. The van der Waals surface area contributed by atoms with Gasteiger partial charge in [0.25, 0.3) is 0 Å². The second-order valence-electron chi connectivity index (χ2n) is 5.32. The first-order chi connectivity index (χ1) is 9.74. The van der Waals surface area contributed by atoms with E-state index in [1.54, 1.807) is 0 Å². The maximum Gasteiger partial charge on any atom is 0.0426 e. The van der Waals surface area contributed by atoms with Crippen molar-refractivity contribution in [2.75, 3.05) is 11.9 Å². The molecule has 0 fully saturated rings. The van der Waals surface area contributed by atoms with E-state index in [4.69, 9.17) is 0 Å². The minimum atomic E-state index is 0.924. The van der Waals surface area contributed by atoms with E-state index in [1.165, 1.54) is 27.6 Å². The van der Waals surface area contributed by atoms with Gasteiger partial charge in [0.1, 0.15) is 0 Å². The third-order valence-electron chi connectivity index (χ3n) is 3.78. The lowest BCUT2D eigenvalue weighted by atomic mass is 10.0. The fourth-order valence-corrected chi connectivity index (χ4v) is 2.64. The Kier molecular flexibility index (Phi) is 3.42. The van der Waals surface area contributed by atoms with Crippen LogP contribution in [0, 0.1) is 6.92 Å². The number of hydrogen-bond acceptors (Lipinski definition) is 1. The molecule has 0 saturated carbocycles. The van der Waals surface area contributed by atoms with E-state index in [0.29, 0.717) is 0 Å². The molecule has 0 atom stereocenters. The van der Waals surface area contributed by atoms with Crippen LogP contribution in [0.1, 0.15) is 11.1 Å². The lowest BCUT2D eigenvalue weighted by Crippen LogP contribution is -2.15. The van der Waals surface area contributed by atoms with E-state index in [0.717, 1.165) is 6.54 Å². The summed E-state index contributed by atoms with van der Waals surface area (Å²) < 4.78 is 0. The number of benzene rings is 3. The van der Waals surface area contributed by atoms with Crippen LogP contribution in [-0.4, -0.2) is 7.05 Å². The van der Waals surface area contributed by atoms with Crippen LogP contribution in [-0.2, 0) is 6.54 Å². The van der Waals surface area contributed by atoms with Gasteiger partial charge in [-0.15, -0.1) is 0 Å². The van der Waals surface area contributed by atoms with Crippen molar-refractivity contribution in [2.24, 2.45) is 0 Å². The molecule has 0 aliphatic carbocycles. The van der Waals surface area contributed by atoms with Crippen LogP contribution in [0.15, 0.2) is 66.7 Å². The highest BCUT2D eigenvalue weighted by Crippen LogP contribution is 2.21. The molecule has 3 aromatic rings. The van der Waals surface area contributed by atoms with Gasteiger partial charge < -0.3 is 4.90 Å². The Bertz CT molecular complexity index is 716. The summed E-state index contributed by atoms with van der Waals surface area (Å²) in [6.45, 7) is 3.09. The Balaban J connectivity index is 1.88.